The summed E-state index contributed by atoms with van der Waals surface area (Å²) in [6.45, 7) is 0.630. The van der Waals surface area contributed by atoms with Crippen molar-refractivity contribution >= 4 is 16.5 Å². The fourth-order valence-electron chi connectivity index (χ4n) is 3.27. The van der Waals surface area contributed by atoms with Crippen LogP contribution in [0, 0.1) is 10.1 Å². The standard InChI is InChI=1S/C22H17N5O5/c28-27(29)16-12-23-26(13-16)11-10-21-24-25-22(32-21)20-9-8-17(31-20)14-30-19-7-3-5-15-4-1-2-6-18(15)19/h1-9,12-13H,10-11,14H2. The number of benzene rings is 2. The molecule has 0 amide bonds. The lowest BCUT2D eigenvalue weighted by Gasteiger charge is -2.07. The van der Waals surface area contributed by atoms with Crippen molar-refractivity contribution in [1.82, 2.24) is 20.0 Å². The smallest absolute Gasteiger partial charge is 0.306 e. The van der Waals surface area contributed by atoms with Crippen molar-refractivity contribution in [2.24, 2.45) is 0 Å². The fraction of sp³-hybridized carbons (Fsp3) is 0.136. The molecule has 5 aromatic rings. The molecule has 0 unspecified atom stereocenters. The number of nitrogens with zero attached hydrogens (tertiary/aromatic N) is 5. The Morgan fingerprint density at radius 3 is 2.78 bits per heavy atom. The van der Waals surface area contributed by atoms with E-state index in [2.05, 4.69) is 15.3 Å². The highest BCUT2D eigenvalue weighted by Gasteiger charge is 2.15. The molecule has 0 aliphatic carbocycles. The lowest BCUT2D eigenvalue weighted by molar-refractivity contribution is -0.385. The van der Waals surface area contributed by atoms with Gasteiger partial charge in [-0.05, 0) is 23.6 Å². The number of hydrogen-bond acceptors (Lipinski definition) is 8. The van der Waals surface area contributed by atoms with Crippen LogP contribution in [0.5, 0.6) is 5.75 Å². The van der Waals surface area contributed by atoms with Gasteiger partial charge in [-0.15, -0.1) is 10.2 Å². The van der Waals surface area contributed by atoms with E-state index in [1.165, 1.54) is 17.1 Å². The molecule has 0 bridgehead atoms. The van der Waals surface area contributed by atoms with Crippen molar-refractivity contribution in [3.8, 4) is 17.4 Å². The molecule has 0 spiro atoms. The number of furan rings is 1. The van der Waals surface area contributed by atoms with Crippen molar-refractivity contribution < 1.29 is 18.5 Å². The molecule has 0 N–H and O–H groups in total. The second kappa shape index (κ2) is 8.34. The number of aryl methyl sites for hydroxylation is 2. The second-order valence-electron chi connectivity index (χ2n) is 7.00. The van der Waals surface area contributed by atoms with Crippen LogP contribution in [-0.2, 0) is 19.6 Å². The summed E-state index contributed by atoms with van der Waals surface area (Å²) in [5.41, 5.74) is -0.0648. The summed E-state index contributed by atoms with van der Waals surface area (Å²) in [6.07, 6.45) is 2.93. The Morgan fingerprint density at radius 1 is 1.03 bits per heavy atom. The molecule has 10 heteroatoms. The Bertz CT molecular complexity index is 1380. The zero-order valence-corrected chi connectivity index (χ0v) is 16.7. The lowest BCUT2D eigenvalue weighted by atomic mass is 10.1. The zero-order valence-electron chi connectivity index (χ0n) is 16.7. The number of ether oxygens (including phenoxy) is 1. The van der Waals surface area contributed by atoms with Crippen LogP contribution < -0.4 is 4.74 Å². The average Bonchev–Trinajstić information content (AvgIpc) is 3.57. The van der Waals surface area contributed by atoms with E-state index in [0.29, 0.717) is 30.4 Å². The molecule has 3 aromatic heterocycles. The maximum atomic E-state index is 10.7. The van der Waals surface area contributed by atoms with Crippen LogP contribution in [0.2, 0.25) is 0 Å². The van der Waals surface area contributed by atoms with Crippen LogP contribution in [0.15, 0.2) is 75.8 Å². The maximum absolute atomic E-state index is 10.7. The van der Waals surface area contributed by atoms with E-state index in [-0.39, 0.29) is 18.2 Å². The van der Waals surface area contributed by atoms with E-state index in [1.807, 2.05) is 42.5 Å². The molecule has 0 saturated heterocycles. The van der Waals surface area contributed by atoms with Gasteiger partial charge >= 0.3 is 5.69 Å². The van der Waals surface area contributed by atoms with E-state index in [4.69, 9.17) is 13.6 Å². The summed E-state index contributed by atoms with van der Waals surface area (Å²) in [5.74, 6) is 2.47. The molecule has 5 rings (SSSR count). The number of hydrogen-bond donors (Lipinski definition) is 0. The monoisotopic (exact) mass is 431 g/mol. The van der Waals surface area contributed by atoms with Crippen LogP contribution >= 0.6 is 0 Å². The molecule has 0 aliphatic heterocycles. The van der Waals surface area contributed by atoms with Crippen LogP contribution in [0.1, 0.15) is 11.7 Å². The van der Waals surface area contributed by atoms with Gasteiger partial charge in [-0.1, -0.05) is 36.4 Å². The third-order valence-corrected chi connectivity index (χ3v) is 4.84. The molecule has 10 nitrogen and oxygen atoms in total. The quantitative estimate of drug-likeness (QED) is 0.261. The topological polar surface area (TPSA) is 122 Å². The molecule has 160 valence electrons. The van der Waals surface area contributed by atoms with Crippen molar-refractivity contribution in [2.45, 2.75) is 19.6 Å². The van der Waals surface area contributed by atoms with Gasteiger partial charge in [-0.2, -0.15) is 5.10 Å². The summed E-state index contributed by atoms with van der Waals surface area (Å²) in [7, 11) is 0. The van der Waals surface area contributed by atoms with Gasteiger partial charge in [0.15, 0.2) is 5.76 Å². The third-order valence-electron chi connectivity index (χ3n) is 4.84. The van der Waals surface area contributed by atoms with Gasteiger partial charge in [0.1, 0.15) is 30.5 Å². The Kier molecular flexibility index (Phi) is 5.08. The van der Waals surface area contributed by atoms with Gasteiger partial charge in [-0.3, -0.25) is 14.8 Å². The van der Waals surface area contributed by atoms with E-state index < -0.39 is 4.92 Å². The predicted molar refractivity (Wildman–Crippen MR) is 113 cm³/mol. The second-order valence-corrected chi connectivity index (χ2v) is 7.00. The van der Waals surface area contributed by atoms with Gasteiger partial charge in [0, 0.05) is 18.4 Å². The van der Waals surface area contributed by atoms with E-state index >= 15 is 0 Å². The SMILES string of the molecule is O=[N+]([O-])c1cnn(CCc2nnc(-c3ccc(COc4cccc5ccccc45)o3)o2)c1. The maximum Gasteiger partial charge on any atom is 0.306 e. The Morgan fingerprint density at radius 2 is 1.91 bits per heavy atom. The number of fused-ring (bicyclic) bond motifs is 1. The minimum absolute atomic E-state index is 0.0648. The normalized spacial score (nSPS) is 11.1. The van der Waals surface area contributed by atoms with E-state index in [9.17, 15) is 10.1 Å². The summed E-state index contributed by atoms with van der Waals surface area (Å²) in [4.78, 5) is 10.2. The molecular weight excluding hydrogens is 414 g/mol. The third kappa shape index (κ3) is 4.06. The Hall–Kier alpha value is -4.47. The van der Waals surface area contributed by atoms with Gasteiger partial charge in [-0.25, -0.2) is 0 Å². The number of rotatable bonds is 8. The first-order valence-corrected chi connectivity index (χ1v) is 9.84. The van der Waals surface area contributed by atoms with Crippen molar-refractivity contribution in [3.05, 3.63) is 88.8 Å². The van der Waals surface area contributed by atoms with Crippen LogP contribution in [0.4, 0.5) is 5.69 Å². The Balaban J connectivity index is 1.22. The van der Waals surface area contributed by atoms with Gasteiger partial charge in [0.25, 0.3) is 5.89 Å². The van der Waals surface area contributed by atoms with Gasteiger partial charge < -0.3 is 13.6 Å². The summed E-state index contributed by atoms with van der Waals surface area (Å²) in [5, 5.41) is 24.8. The van der Waals surface area contributed by atoms with Crippen molar-refractivity contribution in [3.63, 3.8) is 0 Å². The predicted octanol–water partition coefficient (Wildman–Crippen LogP) is 4.41. The molecule has 0 fully saturated rings. The highest BCUT2D eigenvalue weighted by molar-refractivity contribution is 5.88. The zero-order chi connectivity index (χ0) is 21.9. The van der Waals surface area contributed by atoms with E-state index in [0.717, 1.165) is 16.5 Å². The van der Waals surface area contributed by atoms with E-state index in [1.54, 1.807) is 12.1 Å². The van der Waals surface area contributed by atoms with Crippen LogP contribution in [0.3, 0.4) is 0 Å². The van der Waals surface area contributed by atoms with Crippen LogP contribution in [0.25, 0.3) is 22.4 Å². The molecule has 0 radical (unpaired) electrons. The highest BCUT2D eigenvalue weighted by Crippen LogP contribution is 2.27. The first kappa shape index (κ1) is 19.5. The summed E-state index contributed by atoms with van der Waals surface area (Å²) in [6, 6.07) is 17.5. The molecule has 2 aromatic carbocycles. The summed E-state index contributed by atoms with van der Waals surface area (Å²) < 4.78 is 18.8. The number of aromatic nitrogens is 4. The minimum atomic E-state index is -0.493. The fourth-order valence-corrected chi connectivity index (χ4v) is 3.27. The van der Waals surface area contributed by atoms with Crippen molar-refractivity contribution in [2.75, 3.05) is 0 Å². The van der Waals surface area contributed by atoms with Gasteiger partial charge in [0.05, 0.1) is 4.92 Å². The molecule has 32 heavy (non-hydrogen) atoms. The first-order valence-electron chi connectivity index (χ1n) is 9.84. The summed E-state index contributed by atoms with van der Waals surface area (Å²) >= 11 is 0. The van der Waals surface area contributed by atoms with Crippen molar-refractivity contribution in [1.29, 1.82) is 0 Å². The minimum Gasteiger partial charge on any atom is -0.485 e. The Labute approximate surface area is 181 Å². The molecular formula is C22H17N5O5. The average molecular weight is 431 g/mol. The molecule has 0 atom stereocenters. The largest absolute Gasteiger partial charge is 0.485 e. The van der Waals surface area contributed by atoms with Gasteiger partial charge in [0.2, 0.25) is 5.89 Å². The highest BCUT2D eigenvalue weighted by atomic mass is 16.6. The first-order chi connectivity index (χ1) is 15.7. The molecule has 0 aliphatic rings. The lowest BCUT2D eigenvalue weighted by Crippen LogP contribution is -2.01. The molecule has 3 heterocycles. The number of nitro groups is 1. The van der Waals surface area contributed by atoms with Crippen LogP contribution in [-0.4, -0.2) is 24.9 Å². The molecule has 0 saturated carbocycles.